The van der Waals surface area contributed by atoms with Gasteiger partial charge in [0.2, 0.25) is 15.9 Å². The van der Waals surface area contributed by atoms with Crippen LogP contribution < -0.4 is 0 Å². The van der Waals surface area contributed by atoms with Crippen LogP contribution >= 0.6 is 15.9 Å². The van der Waals surface area contributed by atoms with E-state index in [2.05, 4.69) is 15.9 Å². The molecule has 1 aliphatic rings. The number of benzene rings is 2. The lowest BCUT2D eigenvalue weighted by atomic mass is 10.00. The summed E-state index contributed by atoms with van der Waals surface area (Å²) < 4.78 is 27.5. The normalized spacial score (nSPS) is 14.8. The van der Waals surface area contributed by atoms with Crippen LogP contribution in [0.15, 0.2) is 53.0 Å². The van der Waals surface area contributed by atoms with Gasteiger partial charge in [0.15, 0.2) is 0 Å². The fraction of sp³-hybridized carbons (Fsp3) is 0.481. The molecule has 3 rings (SSSR count). The fourth-order valence-electron chi connectivity index (χ4n) is 4.54. The molecule has 1 aliphatic heterocycles. The Morgan fingerprint density at radius 3 is 2.25 bits per heavy atom. The van der Waals surface area contributed by atoms with Crippen LogP contribution in [-0.2, 0) is 21.4 Å². The standard InChI is InChI=1S/C27H36BrN3O4S/c1-4-16-30(36(34,35)5-2)20-26(32)31(19-23-9-7-6-8-21(23)3)25-14-17-29(18-15-25)27(33)22-10-12-24(28)13-11-22/h6-13,25H,4-5,14-20H2,1-3H3. The molecule has 0 saturated carbocycles. The summed E-state index contributed by atoms with van der Waals surface area (Å²) >= 11 is 3.40. The topological polar surface area (TPSA) is 78.0 Å². The van der Waals surface area contributed by atoms with Gasteiger partial charge in [-0.2, -0.15) is 4.31 Å². The highest BCUT2D eigenvalue weighted by atomic mass is 79.9. The quantitative estimate of drug-likeness (QED) is 0.418. The number of piperidine rings is 1. The van der Waals surface area contributed by atoms with Crippen molar-refractivity contribution in [3.8, 4) is 0 Å². The smallest absolute Gasteiger partial charge is 0.253 e. The van der Waals surface area contributed by atoms with Crippen molar-refractivity contribution < 1.29 is 18.0 Å². The minimum atomic E-state index is -3.49. The molecule has 0 bridgehead atoms. The van der Waals surface area contributed by atoms with Gasteiger partial charge in [0, 0.05) is 42.3 Å². The molecular weight excluding hydrogens is 542 g/mol. The van der Waals surface area contributed by atoms with E-state index in [0.29, 0.717) is 51.0 Å². The number of carbonyl (C=O) groups is 2. The maximum Gasteiger partial charge on any atom is 0.253 e. The van der Waals surface area contributed by atoms with Crippen LogP contribution in [0.2, 0.25) is 0 Å². The van der Waals surface area contributed by atoms with Gasteiger partial charge >= 0.3 is 0 Å². The van der Waals surface area contributed by atoms with Crippen LogP contribution in [-0.4, -0.2) is 72.3 Å². The van der Waals surface area contributed by atoms with Gasteiger partial charge in [-0.3, -0.25) is 9.59 Å². The molecule has 9 heteroatoms. The monoisotopic (exact) mass is 577 g/mol. The Morgan fingerprint density at radius 1 is 1.03 bits per heavy atom. The van der Waals surface area contributed by atoms with Gasteiger partial charge in [0.25, 0.3) is 5.91 Å². The number of likely N-dealkylation sites (tertiary alicyclic amines) is 1. The average molecular weight is 579 g/mol. The predicted molar refractivity (Wildman–Crippen MR) is 146 cm³/mol. The Balaban J connectivity index is 1.77. The van der Waals surface area contributed by atoms with Crippen LogP contribution in [0.25, 0.3) is 0 Å². The summed E-state index contributed by atoms with van der Waals surface area (Å²) in [6, 6.07) is 15.2. The number of rotatable bonds is 10. The Morgan fingerprint density at radius 2 is 1.67 bits per heavy atom. The zero-order chi connectivity index (χ0) is 26.3. The maximum absolute atomic E-state index is 13.6. The van der Waals surface area contributed by atoms with Crippen molar-refractivity contribution in [3.63, 3.8) is 0 Å². The Labute approximate surface area is 223 Å². The first-order chi connectivity index (χ1) is 17.2. The summed E-state index contributed by atoms with van der Waals surface area (Å²) in [5.41, 5.74) is 2.77. The summed E-state index contributed by atoms with van der Waals surface area (Å²) in [5.74, 6) is -0.239. The molecule has 196 valence electrons. The lowest BCUT2D eigenvalue weighted by Crippen LogP contribution is -2.51. The SMILES string of the molecule is CCCN(CC(=O)N(Cc1ccccc1C)C1CCN(C(=O)c2ccc(Br)cc2)CC1)S(=O)(=O)CC. The molecule has 1 saturated heterocycles. The molecule has 0 spiro atoms. The third-order valence-corrected chi connectivity index (χ3v) is 9.11. The number of nitrogens with zero attached hydrogens (tertiary/aromatic N) is 3. The highest BCUT2D eigenvalue weighted by Crippen LogP contribution is 2.23. The van der Waals surface area contributed by atoms with Crippen molar-refractivity contribution in [1.82, 2.24) is 14.1 Å². The van der Waals surface area contributed by atoms with Crippen molar-refractivity contribution in [3.05, 3.63) is 69.7 Å². The van der Waals surface area contributed by atoms with Crippen molar-refractivity contribution in [1.29, 1.82) is 0 Å². The first-order valence-electron chi connectivity index (χ1n) is 12.5. The molecule has 0 unspecified atom stereocenters. The van der Waals surface area contributed by atoms with Crippen molar-refractivity contribution >= 4 is 37.8 Å². The van der Waals surface area contributed by atoms with E-state index in [0.717, 1.165) is 15.6 Å². The van der Waals surface area contributed by atoms with E-state index in [1.165, 1.54) is 4.31 Å². The summed E-state index contributed by atoms with van der Waals surface area (Å²) in [7, 11) is -3.49. The number of hydrogen-bond acceptors (Lipinski definition) is 4. The lowest BCUT2D eigenvalue weighted by molar-refractivity contribution is -0.135. The summed E-state index contributed by atoms with van der Waals surface area (Å²) in [5, 5.41) is 0. The Hall–Kier alpha value is -2.23. The zero-order valence-electron chi connectivity index (χ0n) is 21.3. The molecule has 2 amide bonds. The van der Waals surface area contributed by atoms with Gasteiger partial charge in [-0.1, -0.05) is 47.1 Å². The van der Waals surface area contributed by atoms with Crippen molar-refractivity contribution in [2.75, 3.05) is 31.9 Å². The molecule has 0 N–H and O–H groups in total. The number of amides is 2. The summed E-state index contributed by atoms with van der Waals surface area (Å²) in [4.78, 5) is 30.2. The van der Waals surface area contributed by atoms with E-state index in [9.17, 15) is 18.0 Å². The van der Waals surface area contributed by atoms with Gasteiger partial charge in [-0.15, -0.1) is 0 Å². The van der Waals surface area contributed by atoms with Gasteiger partial charge in [0.1, 0.15) is 0 Å². The van der Waals surface area contributed by atoms with Crippen LogP contribution in [0.1, 0.15) is 54.6 Å². The average Bonchev–Trinajstić information content (AvgIpc) is 2.88. The van der Waals surface area contributed by atoms with E-state index in [1.807, 2.05) is 72.2 Å². The number of hydrogen-bond donors (Lipinski definition) is 0. The highest BCUT2D eigenvalue weighted by molar-refractivity contribution is 9.10. The Bertz CT molecular complexity index is 1150. The van der Waals surface area contributed by atoms with Crippen molar-refractivity contribution in [2.24, 2.45) is 0 Å². The maximum atomic E-state index is 13.6. The number of halogens is 1. The molecule has 7 nitrogen and oxygen atoms in total. The number of aryl methyl sites for hydroxylation is 1. The van der Waals surface area contributed by atoms with Crippen LogP contribution in [0.4, 0.5) is 0 Å². The second-order valence-electron chi connectivity index (χ2n) is 9.21. The van der Waals surface area contributed by atoms with Gasteiger partial charge in [0.05, 0.1) is 12.3 Å². The molecular formula is C27H36BrN3O4S. The molecule has 2 aromatic rings. The molecule has 1 heterocycles. The second-order valence-corrected chi connectivity index (χ2v) is 12.4. The second kappa shape index (κ2) is 12.8. The summed E-state index contributed by atoms with van der Waals surface area (Å²) in [6.45, 7) is 7.20. The number of sulfonamides is 1. The molecule has 1 fully saturated rings. The van der Waals surface area contributed by atoms with Gasteiger partial charge in [-0.05, 0) is 68.5 Å². The largest absolute Gasteiger partial charge is 0.338 e. The predicted octanol–water partition coefficient (Wildman–Crippen LogP) is 4.45. The molecule has 0 atom stereocenters. The van der Waals surface area contributed by atoms with E-state index in [1.54, 1.807) is 6.92 Å². The van der Waals surface area contributed by atoms with Gasteiger partial charge < -0.3 is 9.80 Å². The fourth-order valence-corrected chi connectivity index (χ4v) is 5.94. The minimum Gasteiger partial charge on any atom is -0.338 e. The van der Waals surface area contributed by atoms with Crippen LogP contribution in [0, 0.1) is 6.92 Å². The first kappa shape index (κ1) is 28.3. The zero-order valence-corrected chi connectivity index (χ0v) is 23.7. The molecule has 36 heavy (non-hydrogen) atoms. The van der Waals surface area contributed by atoms with Crippen molar-refractivity contribution in [2.45, 2.75) is 52.6 Å². The summed E-state index contributed by atoms with van der Waals surface area (Å²) in [6.07, 6.45) is 1.93. The molecule has 0 aliphatic carbocycles. The van der Waals surface area contributed by atoms with Crippen LogP contribution in [0.5, 0.6) is 0 Å². The molecule has 0 aromatic heterocycles. The third kappa shape index (κ3) is 7.17. The van der Waals surface area contributed by atoms with Gasteiger partial charge in [-0.25, -0.2) is 8.42 Å². The third-order valence-electron chi connectivity index (χ3n) is 6.75. The van der Waals surface area contributed by atoms with E-state index < -0.39 is 10.0 Å². The Kier molecular flexibility index (Phi) is 10.1. The highest BCUT2D eigenvalue weighted by Gasteiger charge is 2.32. The van der Waals surface area contributed by atoms with E-state index in [-0.39, 0.29) is 30.2 Å². The number of carbonyl (C=O) groups excluding carboxylic acids is 2. The lowest BCUT2D eigenvalue weighted by Gasteiger charge is -2.39. The molecule has 0 radical (unpaired) electrons. The van der Waals surface area contributed by atoms with Crippen LogP contribution in [0.3, 0.4) is 0 Å². The van der Waals surface area contributed by atoms with E-state index >= 15 is 0 Å². The first-order valence-corrected chi connectivity index (χ1v) is 14.9. The van der Waals surface area contributed by atoms with E-state index in [4.69, 9.17) is 0 Å². The minimum absolute atomic E-state index is 0.0131. The molecule has 2 aromatic carbocycles.